The lowest BCUT2D eigenvalue weighted by molar-refractivity contribution is -0.668. The van der Waals surface area contributed by atoms with E-state index in [-0.39, 0.29) is 0 Å². The van der Waals surface area contributed by atoms with Crippen LogP contribution in [0.5, 0.6) is 17.2 Å². The van der Waals surface area contributed by atoms with E-state index in [1.165, 1.54) is 15.2 Å². The van der Waals surface area contributed by atoms with Crippen molar-refractivity contribution in [2.24, 2.45) is 0 Å². The van der Waals surface area contributed by atoms with Crippen molar-refractivity contribution in [1.82, 2.24) is 14.8 Å². The van der Waals surface area contributed by atoms with Gasteiger partial charge in [-0.2, -0.15) is 4.57 Å². The van der Waals surface area contributed by atoms with Crippen molar-refractivity contribution < 1.29 is 18.8 Å². The van der Waals surface area contributed by atoms with E-state index in [2.05, 4.69) is 94.9 Å². The number of hydrogen-bond acceptors (Lipinski definition) is 8. The Hall–Kier alpha value is -4.18. The summed E-state index contributed by atoms with van der Waals surface area (Å²) in [6.07, 6.45) is 12.2. The molecule has 8 nitrogen and oxygen atoms in total. The molecule has 4 aromatic rings. The fraction of sp³-hybridized carbons (Fsp3) is 0.294. The Morgan fingerprint density at radius 3 is 2.40 bits per heavy atom. The fourth-order valence-electron chi connectivity index (χ4n) is 4.85. The molecule has 0 saturated carbocycles. The molecule has 0 bridgehead atoms. The van der Waals surface area contributed by atoms with E-state index in [9.17, 15) is 0 Å². The molecule has 43 heavy (non-hydrogen) atoms. The van der Waals surface area contributed by atoms with Gasteiger partial charge in [0.1, 0.15) is 16.2 Å². The molecular weight excluding hydrogens is 558 g/mol. The van der Waals surface area contributed by atoms with Gasteiger partial charge in [-0.05, 0) is 87.9 Å². The normalized spacial score (nSPS) is 14.4. The maximum Gasteiger partial charge on any atom is 0.262 e. The molecule has 1 aliphatic rings. The molecule has 1 aliphatic heterocycles. The first-order valence-electron chi connectivity index (χ1n) is 14.3. The number of nitrogens with zero attached hydrogens (tertiary/aromatic N) is 5. The second kappa shape index (κ2) is 13.9. The number of likely N-dealkylation sites (N-methyl/N-ethyl adjacent to an activating group) is 2. The number of anilines is 1. The Kier molecular flexibility index (Phi) is 9.76. The van der Waals surface area contributed by atoms with Crippen LogP contribution >= 0.6 is 11.3 Å². The average molecular weight is 599 g/mol. The van der Waals surface area contributed by atoms with Gasteiger partial charge in [-0.25, -0.2) is 0 Å². The molecule has 0 amide bonds. The lowest BCUT2D eigenvalue weighted by Crippen LogP contribution is -2.39. The van der Waals surface area contributed by atoms with E-state index in [0.29, 0.717) is 0 Å². The molecule has 9 heteroatoms. The number of pyridine rings is 1. The molecule has 3 heterocycles. The fourth-order valence-corrected chi connectivity index (χ4v) is 5.97. The van der Waals surface area contributed by atoms with E-state index >= 15 is 0 Å². The molecular formula is C34H40N5O3S+. The third-order valence-corrected chi connectivity index (χ3v) is 8.36. The van der Waals surface area contributed by atoms with Gasteiger partial charge in [-0.15, -0.1) is 0 Å². The molecule has 0 spiro atoms. The Morgan fingerprint density at radius 1 is 0.953 bits per heavy atom. The number of aromatic nitrogens is 2. The highest BCUT2D eigenvalue weighted by Gasteiger charge is 2.26. The van der Waals surface area contributed by atoms with E-state index in [0.717, 1.165) is 66.1 Å². The van der Waals surface area contributed by atoms with Crippen molar-refractivity contribution in [3.8, 4) is 17.2 Å². The maximum atomic E-state index is 6.37. The second-order valence-electron chi connectivity index (χ2n) is 10.8. The predicted molar refractivity (Wildman–Crippen MR) is 176 cm³/mol. The maximum absolute atomic E-state index is 6.37. The summed E-state index contributed by atoms with van der Waals surface area (Å²) in [6.45, 7) is 3.50. The molecule has 0 aliphatic carbocycles. The zero-order valence-corrected chi connectivity index (χ0v) is 26.6. The number of fused-ring (bicyclic) bond motifs is 2. The molecule has 5 rings (SSSR count). The number of ether oxygens (including phenoxy) is 3. The summed E-state index contributed by atoms with van der Waals surface area (Å²) >= 11 is 1.76. The monoisotopic (exact) mass is 598 g/mol. The van der Waals surface area contributed by atoms with Gasteiger partial charge in [-0.1, -0.05) is 11.3 Å². The summed E-state index contributed by atoms with van der Waals surface area (Å²) in [5, 5.41) is 1.17. The molecule has 2 aromatic heterocycles. The molecule has 0 radical (unpaired) electrons. The predicted octanol–water partition coefficient (Wildman–Crippen LogP) is 5.56. The Bertz CT molecular complexity index is 1640. The van der Waals surface area contributed by atoms with Crippen molar-refractivity contribution >= 4 is 38.9 Å². The highest BCUT2D eigenvalue weighted by atomic mass is 32.1. The number of rotatable bonds is 12. The number of thiazole rings is 1. The van der Waals surface area contributed by atoms with Gasteiger partial charge in [0.2, 0.25) is 11.4 Å². The SMILES string of the molecule is COc1ccc2c(c1)O\C(=C/C=C(/C=C/c1sc3cc(OC)ccc3[n+]1CCN(C)C)c1ccncc1)N2CCN(C)C. The van der Waals surface area contributed by atoms with Gasteiger partial charge < -0.3 is 28.9 Å². The van der Waals surface area contributed by atoms with Crippen molar-refractivity contribution in [3.05, 3.63) is 95.6 Å². The molecule has 2 aromatic carbocycles. The Labute approximate surface area is 258 Å². The lowest BCUT2D eigenvalue weighted by Gasteiger charge is -2.20. The van der Waals surface area contributed by atoms with E-state index < -0.39 is 0 Å². The number of hydrogen-bond donors (Lipinski definition) is 0. The Balaban J connectivity index is 1.53. The minimum Gasteiger partial charge on any atom is -0.497 e. The van der Waals surface area contributed by atoms with Crippen LogP contribution in [0, 0.1) is 0 Å². The summed E-state index contributed by atoms with van der Waals surface area (Å²) in [4.78, 5) is 10.8. The van der Waals surface area contributed by atoms with Crippen LogP contribution in [0.1, 0.15) is 10.6 Å². The van der Waals surface area contributed by atoms with Gasteiger partial charge in [0.15, 0.2) is 12.3 Å². The third-order valence-electron chi connectivity index (χ3n) is 7.24. The quantitative estimate of drug-likeness (QED) is 0.156. The molecule has 0 atom stereocenters. The first-order chi connectivity index (χ1) is 20.9. The van der Waals surface area contributed by atoms with Crippen LogP contribution in [0.15, 0.2) is 85.0 Å². The minimum atomic E-state index is 0.770. The smallest absolute Gasteiger partial charge is 0.262 e. The van der Waals surface area contributed by atoms with Crippen molar-refractivity contribution in [1.29, 1.82) is 0 Å². The standard InChI is InChI=1S/C34H40N5O3S/c1-36(2)19-21-38-29-11-9-27(40-5)23-31(29)42-33(38)13-7-25(26-15-17-35-18-16-26)8-14-34-39(22-20-37(3)4)30-12-10-28(41-6)24-32(30)43-34/h7-18,23-24H,19-22H2,1-6H3/q+1. The summed E-state index contributed by atoms with van der Waals surface area (Å²) in [6, 6.07) is 16.3. The van der Waals surface area contributed by atoms with E-state index in [1.807, 2.05) is 42.7 Å². The summed E-state index contributed by atoms with van der Waals surface area (Å²) in [7, 11) is 11.7. The van der Waals surface area contributed by atoms with E-state index in [1.54, 1.807) is 25.6 Å². The van der Waals surface area contributed by atoms with Crippen LogP contribution in [0.2, 0.25) is 0 Å². The molecule has 0 N–H and O–H groups in total. The van der Waals surface area contributed by atoms with E-state index in [4.69, 9.17) is 14.2 Å². The molecule has 0 fully saturated rings. The van der Waals surface area contributed by atoms with Gasteiger partial charge >= 0.3 is 0 Å². The first kappa shape index (κ1) is 30.3. The number of methoxy groups -OCH3 is 2. The van der Waals surface area contributed by atoms with Crippen molar-refractivity contribution in [2.75, 3.05) is 66.9 Å². The van der Waals surface area contributed by atoms with Gasteiger partial charge in [0.25, 0.3) is 5.01 Å². The summed E-state index contributed by atoms with van der Waals surface area (Å²) in [5.74, 6) is 3.20. The lowest BCUT2D eigenvalue weighted by atomic mass is 10.1. The first-order valence-corrected chi connectivity index (χ1v) is 15.1. The second-order valence-corrected chi connectivity index (χ2v) is 11.9. The molecule has 0 unspecified atom stereocenters. The van der Waals surface area contributed by atoms with Gasteiger partial charge in [0.05, 0.1) is 26.5 Å². The zero-order valence-electron chi connectivity index (χ0n) is 25.8. The Morgan fingerprint density at radius 2 is 1.67 bits per heavy atom. The minimum absolute atomic E-state index is 0.770. The van der Waals surface area contributed by atoms with Crippen LogP contribution in [0.4, 0.5) is 5.69 Å². The summed E-state index contributed by atoms with van der Waals surface area (Å²) in [5.41, 5.74) is 4.36. The van der Waals surface area contributed by atoms with Gasteiger partial charge in [0, 0.05) is 49.8 Å². The third kappa shape index (κ3) is 7.25. The van der Waals surface area contributed by atoms with Crippen LogP contribution in [-0.4, -0.2) is 76.8 Å². The number of allylic oxidation sites excluding steroid dienone is 4. The zero-order chi connectivity index (χ0) is 30.3. The highest BCUT2D eigenvalue weighted by molar-refractivity contribution is 7.18. The van der Waals surface area contributed by atoms with Gasteiger partial charge in [-0.3, -0.25) is 4.98 Å². The van der Waals surface area contributed by atoms with Crippen LogP contribution in [0.25, 0.3) is 21.9 Å². The average Bonchev–Trinajstić information content (AvgIpc) is 3.55. The van der Waals surface area contributed by atoms with Crippen LogP contribution in [0.3, 0.4) is 0 Å². The summed E-state index contributed by atoms with van der Waals surface area (Å²) < 4.78 is 20.9. The number of benzene rings is 2. The van der Waals surface area contributed by atoms with Crippen molar-refractivity contribution in [2.45, 2.75) is 6.54 Å². The topological polar surface area (TPSA) is 54.2 Å². The van der Waals surface area contributed by atoms with Crippen LogP contribution < -0.4 is 23.7 Å². The molecule has 224 valence electrons. The highest BCUT2D eigenvalue weighted by Crippen LogP contribution is 2.41. The van der Waals surface area contributed by atoms with Crippen molar-refractivity contribution in [3.63, 3.8) is 0 Å². The molecule has 0 saturated heterocycles. The van der Waals surface area contributed by atoms with Crippen LogP contribution in [-0.2, 0) is 6.54 Å². The largest absolute Gasteiger partial charge is 0.497 e.